The van der Waals surface area contributed by atoms with Crippen molar-refractivity contribution >= 4 is 21.9 Å². The van der Waals surface area contributed by atoms with Crippen LogP contribution in [0.25, 0.3) is 0 Å². The van der Waals surface area contributed by atoms with Gasteiger partial charge in [0.15, 0.2) is 6.61 Å². The van der Waals surface area contributed by atoms with Crippen LogP contribution in [-0.4, -0.2) is 67.9 Å². The fourth-order valence-electron chi connectivity index (χ4n) is 3.68. The van der Waals surface area contributed by atoms with Crippen LogP contribution < -0.4 is 0 Å². The highest BCUT2D eigenvalue weighted by Gasteiger charge is 2.30. The molecule has 0 unspecified atom stereocenters. The predicted octanol–water partition coefficient (Wildman–Crippen LogP) is 3.00. The molecule has 2 aromatic rings. The maximum absolute atomic E-state index is 13.1. The first-order chi connectivity index (χ1) is 16.0. The lowest BCUT2D eigenvalue weighted by molar-refractivity contribution is -0.140. The van der Waals surface area contributed by atoms with Gasteiger partial charge in [-0.1, -0.05) is 36.4 Å². The number of ether oxygens (including phenoxy) is 2. The summed E-state index contributed by atoms with van der Waals surface area (Å²) in [6.45, 7) is 8.54. The van der Waals surface area contributed by atoms with Gasteiger partial charge in [0.25, 0.3) is 5.91 Å². The zero-order valence-electron chi connectivity index (χ0n) is 20.1. The van der Waals surface area contributed by atoms with Gasteiger partial charge in [-0.05, 0) is 51.0 Å². The average molecular weight is 489 g/mol. The highest BCUT2D eigenvalue weighted by atomic mass is 32.2. The number of carbonyl (C=O) groups is 2. The minimum Gasteiger partial charge on any atom is -0.452 e. The number of hydrogen-bond donors (Lipinski definition) is 0. The molecule has 0 N–H and O–H groups in total. The van der Waals surface area contributed by atoms with E-state index in [1.165, 1.54) is 16.4 Å². The van der Waals surface area contributed by atoms with Crippen LogP contribution in [0, 0.1) is 6.92 Å². The Morgan fingerprint density at radius 2 is 1.71 bits per heavy atom. The molecule has 1 aliphatic rings. The van der Waals surface area contributed by atoms with Crippen molar-refractivity contribution < 1.29 is 27.5 Å². The third-order valence-electron chi connectivity index (χ3n) is 5.63. The molecule has 8 nitrogen and oxygen atoms in total. The summed E-state index contributed by atoms with van der Waals surface area (Å²) in [5.74, 6) is -1.08. The van der Waals surface area contributed by atoms with Crippen molar-refractivity contribution in [2.24, 2.45) is 0 Å². The maximum Gasteiger partial charge on any atom is 0.338 e. The number of carbonyl (C=O) groups excluding carboxylic acids is 2. The number of amides is 1. The molecular formula is C25H32N2O6S. The van der Waals surface area contributed by atoms with Gasteiger partial charge in [0.05, 0.1) is 23.7 Å². The molecule has 0 aromatic heterocycles. The Morgan fingerprint density at radius 3 is 2.32 bits per heavy atom. The molecule has 2 aromatic carbocycles. The Kier molecular flexibility index (Phi) is 8.12. The first-order valence-electron chi connectivity index (χ1n) is 11.2. The molecule has 34 heavy (non-hydrogen) atoms. The lowest BCUT2D eigenvalue weighted by Crippen LogP contribution is -2.46. The molecule has 1 saturated heterocycles. The second kappa shape index (κ2) is 10.7. The topological polar surface area (TPSA) is 93.2 Å². The Labute approximate surface area is 201 Å². The van der Waals surface area contributed by atoms with Crippen LogP contribution in [0.3, 0.4) is 0 Å². The molecule has 0 bridgehead atoms. The molecule has 1 amide bonds. The number of aryl methyl sites for hydroxylation is 1. The number of benzene rings is 2. The van der Waals surface area contributed by atoms with Gasteiger partial charge in [-0.25, -0.2) is 13.2 Å². The van der Waals surface area contributed by atoms with E-state index in [9.17, 15) is 18.0 Å². The largest absolute Gasteiger partial charge is 0.452 e. The summed E-state index contributed by atoms with van der Waals surface area (Å²) in [7, 11) is -3.78. The summed E-state index contributed by atoms with van der Waals surface area (Å²) in [5, 5.41) is 0. The Hall–Kier alpha value is -2.75. The van der Waals surface area contributed by atoms with E-state index < -0.39 is 28.1 Å². The maximum atomic E-state index is 13.1. The van der Waals surface area contributed by atoms with Crippen LogP contribution in [0.5, 0.6) is 0 Å². The predicted molar refractivity (Wildman–Crippen MR) is 128 cm³/mol. The normalized spacial score (nSPS) is 15.1. The van der Waals surface area contributed by atoms with Crippen LogP contribution >= 0.6 is 0 Å². The second-order valence-corrected chi connectivity index (χ2v) is 11.1. The van der Waals surface area contributed by atoms with Crippen molar-refractivity contribution in [2.45, 2.75) is 44.7 Å². The SMILES string of the molecule is Cc1ccc(C(=O)OCC(=O)N(Cc2ccccc2)C(C)(C)C)cc1S(=O)(=O)N1CCOCC1. The van der Waals surface area contributed by atoms with Crippen LogP contribution in [0.15, 0.2) is 53.4 Å². The fourth-order valence-corrected chi connectivity index (χ4v) is 5.34. The van der Waals surface area contributed by atoms with Gasteiger partial charge in [-0.3, -0.25) is 4.79 Å². The third kappa shape index (κ3) is 6.22. The molecule has 3 rings (SSSR count). The van der Waals surface area contributed by atoms with E-state index >= 15 is 0 Å². The van der Waals surface area contributed by atoms with Gasteiger partial charge in [0.1, 0.15) is 0 Å². The molecule has 184 valence electrons. The van der Waals surface area contributed by atoms with E-state index in [2.05, 4.69) is 0 Å². The van der Waals surface area contributed by atoms with Gasteiger partial charge in [-0.2, -0.15) is 4.31 Å². The lowest BCUT2D eigenvalue weighted by atomic mass is 10.0. The Balaban J connectivity index is 1.72. The Bertz CT molecular complexity index is 1120. The molecule has 0 aliphatic carbocycles. The van der Waals surface area contributed by atoms with Crippen LogP contribution in [0.2, 0.25) is 0 Å². The zero-order valence-corrected chi connectivity index (χ0v) is 20.9. The number of esters is 1. The van der Waals surface area contributed by atoms with Gasteiger partial charge in [-0.15, -0.1) is 0 Å². The van der Waals surface area contributed by atoms with E-state index in [1.54, 1.807) is 17.9 Å². The van der Waals surface area contributed by atoms with Crippen molar-refractivity contribution in [2.75, 3.05) is 32.9 Å². The lowest BCUT2D eigenvalue weighted by Gasteiger charge is -2.35. The van der Waals surface area contributed by atoms with Gasteiger partial charge >= 0.3 is 5.97 Å². The standard InChI is InChI=1S/C25H32N2O6S/c1-19-10-11-21(16-22(19)34(30,31)26-12-14-32-15-13-26)24(29)33-18-23(28)27(25(2,3)4)17-20-8-6-5-7-9-20/h5-11,16H,12-15,17-18H2,1-4H3. The zero-order chi connectivity index (χ0) is 24.9. The minimum atomic E-state index is -3.78. The monoisotopic (exact) mass is 488 g/mol. The summed E-state index contributed by atoms with van der Waals surface area (Å²) in [6, 6.07) is 14.0. The second-order valence-electron chi connectivity index (χ2n) is 9.21. The van der Waals surface area contributed by atoms with Crippen molar-refractivity contribution in [1.29, 1.82) is 0 Å². The fraction of sp³-hybridized carbons (Fsp3) is 0.440. The van der Waals surface area contributed by atoms with Gasteiger partial charge in [0, 0.05) is 25.2 Å². The van der Waals surface area contributed by atoms with Crippen LogP contribution in [0.4, 0.5) is 0 Å². The molecule has 9 heteroatoms. The summed E-state index contributed by atoms with van der Waals surface area (Å²) >= 11 is 0. The molecule has 0 saturated carbocycles. The van der Waals surface area contributed by atoms with E-state index in [0.29, 0.717) is 25.3 Å². The molecule has 1 aliphatic heterocycles. The summed E-state index contributed by atoms with van der Waals surface area (Å²) in [4.78, 5) is 27.4. The van der Waals surface area contributed by atoms with Crippen molar-refractivity contribution in [3.05, 3.63) is 65.2 Å². The average Bonchev–Trinajstić information content (AvgIpc) is 2.81. The first-order valence-corrected chi connectivity index (χ1v) is 12.6. The molecule has 0 atom stereocenters. The van der Waals surface area contributed by atoms with Crippen molar-refractivity contribution in [1.82, 2.24) is 9.21 Å². The number of rotatable bonds is 7. The van der Waals surface area contributed by atoms with E-state index in [1.807, 2.05) is 51.1 Å². The van der Waals surface area contributed by atoms with Gasteiger partial charge in [0.2, 0.25) is 10.0 Å². The van der Waals surface area contributed by atoms with Crippen LogP contribution in [-0.2, 0) is 30.8 Å². The van der Waals surface area contributed by atoms with E-state index in [-0.39, 0.29) is 29.5 Å². The summed E-state index contributed by atoms with van der Waals surface area (Å²) < 4.78 is 38.0. The highest BCUT2D eigenvalue weighted by Crippen LogP contribution is 2.23. The first kappa shape index (κ1) is 25.9. The van der Waals surface area contributed by atoms with E-state index in [0.717, 1.165) is 5.56 Å². The number of sulfonamides is 1. The molecule has 0 spiro atoms. The molecule has 0 radical (unpaired) electrons. The molecule has 1 heterocycles. The number of hydrogen-bond acceptors (Lipinski definition) is 6. The number of morpholine rings is 1. The van der Waals surface area contributed by atoms with Crippen molar-refractivity contribution in [3.63, 3.8) is 0 Å². The third-order valence-corrected chi connectivity index (χ3v) is 7.67. The summed E-state index contributed by atoms with van der Waals surface area (Å²) in [5.41, 5.74) is 1.09. The highest BCUT2D eigenvalue weighted by molar-refractivity contribution is 7.89. The molecular weight excluding hydrogens is 456 g/mol. The van der Waals surface area contributed by atoms with E-state index in [4.69, 9.17) is 9.47 Å². The van der Waals surface area contributed by atoms with Crippen molar-refractivity contribution in [3.8, 4) is 0 Å². The van der Waals surface area contributed by atoms with Crippen LogP contribution in [0.1, 0.15) is 42.3 Å². The molecule has 1 fully saturated rings. The number of nitrogens with zero attached hydrogens (tertiary/aromatic N) is 2. The minimum absolute atomic E-state index is 0.0515. The smallest absolute Gasteiger partial charge is 0.338 e. The van der Waals surface area contributed by atoms with Gasteiger partial charge < -0.3 is 14.4 Å². The summed E-state index contributed by atoms with van der Waals surface area (Å²) in [6.07, 6.45) is 0. The quantitative estimate of drug-likeness (QED) is 0.557. The Morgan fingerprint density at radius 1 is 1.06 bits per heavy atom.